The summed E-state index contributed by atoms with van der Waals surface area (Å²) in [6.07, 6.45) is 2.97. The highest BCUT2D eigenvalue weighted by Crippen LogP contribution is 2.18. The fourth-order valence-electron chi connectivity index (χ4n) is 1.52. The Labute approximate surface area is 105 Å². The number of hydrogen-bond acceptors (Lipinski definition) is 5. The summed E-state index contributed by atoms with van der Waals surface area (Å²) in [6.45, 7) is 0. The minimum atomic E-state index is -1.21. The highest BCUT2D eigenvalue weighted by atomic mass is 16.6. The van der Waals surface area contributed by atoms with Gasteiger partial charge in [-0.1, -0.05) is 0 Å². The van der Waals surface area contributed by atoms with Crippen molar-refractivity contribution < 1.29 is 19.2 Å². The molecule has 1 aromatic carbocycles. The Morgan fingerprint density at radius 2 is 2.16 bits per heavy atom. The van der Waals surface area contributed by atoms with Crippen LogP contribution in [0.4, 0.5) is 5.69 Å². The molecule has 0 radical (unpaired) electrons. The van der Waals surface area contributed by atoms with Gasteiger partial charge < -0.3 is 9.52 Å². The van der Waals surface area contributed by atoms with E-state index in [4.69, 9.17) is 9.52 Å². The topological polar surface area (TPSA) is 111 Å². The van der Waals surface area contributed by atoms with Gasteiger partial charge in [-0.25, -0.2) is 4.79 Å². The molecule has 1 heterocycles. The molecule has 0 spiro atoms. The second-order valence-electron chi connectivity index (χ2n) is 3.63. The maximum Gasteiger partial charge on any atom is 0.328 e. The molecule has 0 unspecified atom stereocenters. The van der Waals surface area contributed by atoms with Gasteiger partial charge in [-0.2, -0.15) is 0 Å². The van der Waals surface area contributed by atoms with Crippen LogP contribution < -0.4 is 5.43 Å². The Hall–Kier alpha value is -2.96. The Balaban J connectivity index is 2.65. The standard InChI is InChI=1S/C12H7NO6/c14-11(15)4-1-7-6-19-10-3-2-8(13(17)18)5-9(10)12(7)16/h1-6H,(H,14,15). The molecule has 1 N–H and O–H groups in total. The van der Waals surface area contributed by atoms with Gasteiger partial charge in [0.25, 0.3) is 5.69 Å². The van der Waals surface area contributed by atoms with Crippen LogP contribution in [0.5, 0.6) is 0 Å². The van der Waals surface area contributed by atoms with Crippen LogP contribution >= 0.6 is 0 Å². The van der Waals surface area contributed by atoms with Gasteiger partial charge in [-0.05, 0) is 12.1 Å². The maximum absolute atomic E-state index is 12.0. The summed E-state index contributed by atoms with van der Waals surface area (Å²) in [6, 6.07) is 3.64. The van der Waals surface area contributed by atoms with Crippen LogP contribution in [0.1, 0.15) is 5.56 Å². The molecular weight excluding hydrogens is 254 g/mol. The van der Waals surface area contributed by atoms with Gasteiger partial charge in [0.05, 0.1) is 15.9 Å². The summed E-state index contributed by atoms with van der Waals surface area (Å²) in [5.74, 6) is -1.21. The van der Waals surface area contributed by atoms with E-state index in [0.717, 1.165) is 24.5 Å². The van der Waals surface area contributed by atoms with Crippen LogP contribution in [-0.4, -0.2) is 16.0 Å². The number of rotatable bonds is 3. The minimum absolute atomic E-state index is 0.00963. The largest absolute Gasteiger partial charge is 0.478 e. The predicted molar refractivity (Wildman–Crippen MR) is 65.8 cm³/mol. The van der Waals surface area contributed by atoms with E-state index >= 15 is 0 Å². The van der Waals surface area contributed by atoms with Crippen LogP contribution in [0.3, 0.4) is 0 Å². The van der Waals surface area contributed by atoms with Crippen molar-refractivity contribution in [3.8, 4) is 0 Å². The van der Waals surface area contributed by atoms with Crippen LogP contribution in [0.15, 0.2) is 39.7 Å². The first-order valence-electron chi connectivity index (χ1n) is 5.10. The molecule has 0 aliphatic rings. The molecule has 0 saturated heterocycles. The number of nitro groups is 1. The van der Waals surface area contributed by atoms with Crippen LogP contribution in [0.25, 0.3) is 17.0 Å². The Morgan fingerprint density at radius 3 is 2.79 bits per heavy atom. The number of hydrogen-bond donors (Lipinski definition) is 1. The van der Waals surface area contributed by atoms with Crippen molar-refractivity contribution in [3.05, 3.63) is 56.4 Å². The lowest BCUT2D eigenvalue weighted by atomic mass is 10.1. The maximum atomic E-state index is 12.0. The summed E-state index contributed by atoms with van der Waals surface area (Å²) in [7, 11) is 0. The lowest BCUT2D eigenvalue weighted by Gasteiger charge is -1.98. The normalized spacial score (nSPS) is 10.9. The van der Waals surface area contributed by atoms with E-state index in [0.29, 0.717) is 0 Å². The molecule has 19 heavy (non-hydrogen) atoms. The average Bonchev–Trinajstić information content (AvgIpc) is 2.37. The van der Waals surface area contributed by atoms with Crippen LogP contribution in [-0.2, 0) is 4.79 Å². The van der Waals surface area contributed by atoms with Crippen molar-refractivity contribution in [2.75, 3.05) is 0 Å². The second-order valence-corrected chi connectivity index (χ2v) is 3.63. The molecule has 7 nitrogen and oxygen atoms in total. The number of aliphatic carboxylic acids is 1. The summed E-state index contributed by atoms with van der Waals surface area (Å²) in [5, 5.41) is 19.2. The molecule has 0 saturated carbocycles. The number of nitrogens with zero attached hydrogens (tertiary/aromatic N) is 1. The molecule has 0 aliphatic carbocycles. The van der Waals surface area contributed by atoms with E-state index in [2.05, 4.69) is 0 Å². The van der Waals surface area contributed by atoms with E-state index in [1.54, 1.807) is 0 Å². The molecule has 0 bridgehead atoms. The molecule has 0 aliphatic heterocycles. The van der Waals surface area contributed by atoms with Crippen molar-refractivity contribution in [2.45, 2.75) is 0 Å². The van der Waals surface area contributed by atoms with Gasteiger partial charge in [0.2, 0.25) is 0 Å². The van der Waals surface area contributed by atoms with E-state index < -0.39 is 16.3 Å². The Morgan fingerprint density at radius 1 is 1.42 bits per heavy atom. The molecule has 0 fully saturated rings. The predicted octanol–water partition coefficient (Wildman–Crippen LogP) is 1.80. The fraction of sp³-hybridized carbons (Fsp3) is 0. The number of carboxylic acids is 1. The van der Waals surface area contributed by atoms with Crippen LogP contribution in [0, 0.1) is 10.1 Å². The third kappa shape index (κ3) is 2.49. The smallest absolute Gasteiger partial charge is 0.328 e. The Bertz CT molecular complexity index is 758. The molecule has 0 atom stereocenters. The minimum Gasteiger partial charge on any atom is -0.478 e. The third-order valence-corrected chi connectivity index (χ3v) is 2.40. The van der Waals surface area contributed by atoms with Crippen molar-refractivity contribution in [1.29, 1.82) is 0 Å². The quantitative estimate of drug-likeness (QED) is 0.512. The molecular formula is C12H7NO6. The van der Waals surface area contributed by atoms with Crippen molar-refractivity contribution in [2.24, 2.45) is 0 Å². The monoisotopic (exact) mass is 261 g/mol. The number of benzene rings is 1. The lowest BCUT2D eigenvalue weighted by molar-refractivity contribution is -0.384. The average molecular weight is 261 g/mol. The van der Waals surface area contributed by atoms with Gasteiger partial charge in [-0.15, -0.1) is 0 Å². The highest BCUT2D eigenvalue weighted by Gasteiger charge is 2.11. The molecule has 1 aromatic heterocycles. The van der Waals surface area contributed by atoms with Gasteiger partial charge in [-0.3, -0.25) is 14.9 Å². The Kier molecular flexibility index (Phi) is 3.11. The second kappa shape index (κ2) is 4.73. The zero-order valence-electron chi connectivity index (χ0n) is 9.40. The number of fused-ring (bicyclic) bond motifs is 1. The number of nitro benzene ring substituents is 1. The highest BCUT2D eigenvalue weighted by molar-refractivity contribution is 5.87. The fourth-order valence-corrected chi connectivity index (χ4v) is 1.52. The summed E-state index contributed by atoms with van der Waals surface area (Å²) in [4.78, 5) is 32.4. The zero-order chi connectivity index (χ0) is 14.0. The molecule has 2 aromatic rings. The molecule has 7 heteroatoms. The number of carboxylic acid groups (broad SMARTS) is 1. The number of non-ortho nitro benzene ring substituents is 1. The molecule has 2 rings (SSSR count). The van der Waals surface area contributed by atoms with Crippen LogP contribution in [0.2, 0.25) is 0 Å². The first kappa shape index (κ1) is 12.5. The first-order valence-corrected chi connectivity index (χ1v) is 5.10. The summed E-state index contributed by atoms with van der Waals surface area (Å²) >= 11 is 0. The van der Waals surface area contributed by atoms with Gasteiger partial charge >= 0.3 is 5.97 Å². The van der Waals surface area contributed by atoms with E-state index in [-0.39, 0.29) is 22.2 Å². The van der Waals surface area contributed by atoms with Crippen molar-refractivity contribution in [1.82, 2.24) is 0 Å². The lowest BCUT2D eigenvalue weighted by Crippen LogP contribution is -2.05. The SMILES string of the molecule is O=C(O)C=Cc1coc2ccc([N+](=O)[O-])cc2c1=O. The summed E-state index contributed by atoms with van der Waals surface area (Å²) in [5.41, 5.74) is -0.555. The van der Waals surface area contributed by atoms with E-state index in [9.17, 15) is 19.7 Å². The first-order chi connectivity index (χ1) is 8.99. The zero-order valence-corrected chi connectivity index (χ0v) is 9.40. The van der Waals surface area contributed by atoms with Gasteiger partial charge in [0.15, 0.2) is 5.43 Å². The van der Waals surface area contributed by atoms with E-state index in [1.807, 2.05) is 0 Å². The number of carbonyl (C=O) groups is 1. The van der Waals surface area contributed by atoms with E-state index in [1.165, 1.54) is 12.1 Å². The molecule has 96 valence electrons. The molecule has 0 amide bonds. The van der Waals surface area contributed by atoms with Crippen molar-refractivity contribution >= 4 is 28.7 Å². The summed E-state index contributed by atoms with van der Waals surface area (Å²) < 4.78 is 5.12. The third-order valence-electron chi connectivity index (χ3n) is 2.40. The van der Waals surface area contributed by atoms with Crippen molar-refractivity contribution in [3.63, 3.8) is 0 Å². The van der Waals surface area contributed by atoms with Gasteiger partial charge in [0.1, 0.15) is 11.8 Å². The van der Waals surface area contributed by atoms with Gasteiger partial charge in [0, 0.05) is 18.2 Å².